The van der Waals surface area contributed by atoms with Crippen molar-refractivity contribution < 1.29 is 4.79 Å². The Morgan fingerprint density at radius 2 is 1.76 bits per heavy atom. The van der Waals surface area contributed by atoms with E-state index in [1.54, 1.807) is 0 Å². The maximum atomic E-state index is 13.8. The van der Waals surface area contributed by atoms with Gasteiger partial charge in [0.25, 0.3) is 0 Å². The number of Topliss-reactive ketones (excluding diaryl/α,β-unsaturated/α-hetero) is 1. The summed E-state index contributed by atoms with van der Waals surface area (Å²) in [5, 5.41) is 4.53. The van der Waals surface area contributed by atoms with Crippen LogP contribution < -0.4 is 10.2 Å². The molecule has 1 aromatic heterocycles. The molecular weight excluding hydrogens is 406 g/mol. The summed E-state index contributed by atoms with van der Waals surface area (Å²) < 4.78 is 0. The molecule has 0 aliphatic carbocycles. The maximum absolute atomic E-state index is 13.8. The molecule has 1 fully saturated rings. The highest BCUT2D eigenvalue weighted by atomic mass is 16.1. The average molecular weight is 438 g/mol. The Morgan fingerprint density at radius 3 is 2.52 bits per heavy atom. The number of aromatic amines is 1. The van der Waals surface area contributed by atoms with Crippen molar-refractivity contribution in [3.05, 3.63) is 101 Å². The van der Waals surface area contributed by atoms with Gasteiger partial charge >= 0.3 is 0 Å². The number of hydrogen-bond acceptors (Lipinski definition) is 3. The predicted molar refractivity (Wildman–Crippen MR) is 136 cm³/mol. The third-order valence-electron chi connectivity index (χ3n) is 6.68. The van der Waals surface area contributed by atoms with E-state index in [-0.39, 0.29) is 11.8 Å². The summed E-state index contributed by atoms with van der Waals surface area (Å²) in [6, 6.07) is 24.7. The standard InChI is InChI=1S/C29H31N3O/c1-21-9-11-22(12-10-21)15-16-30-28(23-7-3-2-4-8-23)29(33)26-20-31-27-19-24(13-14-25(26)27)32-17-5-6-18-32/h2-4,7-14,19-20,28,30-31H,5-6,15-18H2,1H3/t28-/m1/s1. The third kappa shape index (κ3) is 4.71. The molecule has 4 nitrogen and oxygen atoms in total. The van der Waals surface area contributed by atoms with Gasteiger partial charge in [0, 0.05) is 48.0 Å². The van der Waals surface area contributed by atoms with Gasteiger partial charge in [-0.15, -0.1) is 0 Å². The molecule has 1 atom stereocenters. The van der Waals surface area contributed by atoms with Crippen LogP contribution >= 0.6 is 0 Å². The third-order valence-corrected chi connectivity index (χ3v) is 6.68. The molecule has 5 rings (SSSR count). The molecule has 4 heteroatoms. The van der Waals surface area contributed by atoms with Gasteiger partial charge in [-0.3, -0.25) is 4.79 Å². The molecule has 1 saturated heterocycles. The summed E-state index contributed by atoms with van der Waals surface area (Å²) in [6.45, 7) is 5.05. The summed E-state index contributed by atoms with van der Waals surface area (Å²) in [4.78, 5) is 19.5. The first-order valence-corrected chi connectivity index (χ1v) is 11.9. The molecule has 2 N–H and O–H groups in total. The summed E-state index contributed by atoms with van der Waals surface area (Å²) in [6.07, 6.45) is 5.25. The molecule has 1 aliphatic rings. The molecule has 0 radical (unpaired) electrons. The first-order valence-electron chi connectivity index (χ1n) is 11.9. The zero-order valence-corrected chi connectivity index (χ0v) is 19.2. The molecule has 4 aromatic rings. The second-order valence-corrected chi connectivity index (χ2v) is 9.02. The van der Waals surface area contributed by atoms with Crippen molar-refractivity contribution in [2.75, 3.05) is 24.5 Å². The van der Waals surface area contributed by atoms with Gasteiger partial charge in [0.15, 0.2) is 5.78 Å². The fourth-order valence-corrected chi connectivity index (χ4v) is 4.77. The van der Waals surface area contributed by atoms with Crippen molar-refractivity contribution in [3.8, 4) is 0 Å². The Balaban J connectivity index is 1.38. The predicted octanol–water partition coefficient (Wildman–Crippen LogP) is 5.83. The molecule has 0 unspecified atom stereocenters. The zero-order chi connectivity index (χ0) is 22.6. The van der Waals surface area contributed by atoms with Crippen molar-refractivity contribution >= 4 is 22.4 Å². The smallest absolute Gasteiger partial charge is 0.186 e. The summed E-state index contributed by atoms with van der Waals surface area (Å²) in [5.74, 6) is 0.102. The molecular formula is C29H31N3O. The van der Waals surface area contributed by atoms with Gasteiger partial charge in [0.05, 0.1) is 6.04 Å². The number of nitrogens with zero attached hydrogens (tertiary/aromatic N) is 1. The molecule has 0 bridgehead atoms. The van der Waals surface area contributed by atoms with E-state index in [0.29, 0.717) is 0 Å². The fraction of sp³-hybridized carbons (Fsp3) is 0.276. The maximum Gasteiger partial charge on any atom is 0.186 e. The molecule has 3 aromatic carbocycles. The number of fused-ring (bicyclic) bond motifs is 1. The lowest BCUT2D eigenvalue weighted by Gasteiger charge is -2.19. The van der Waals surface area contributed by atoms with Crippen molar-refractivity contribution in [3.63, 3.8) is 0 Å². The van der Waals surface area contributed by atoms with Gasteiger partial charge in [-0.25, -0.2) is 0 Å². The number of hydrogen-bond donors (Lipinski definition) is 2. The van der Waals surface area contributed by atoms with Crippen molar-refractivity contribution in [2.45, 2.75) is 32.2 Å². The van der Waals surface area contributed by atoms with Crippen LogP contribution in [-0.4, -0.2) is 30.4 Å². The number of carbonyl (C=O) groups is 1. The quantitative estimate of drug-likeness (QED) is 0.341. The number of anilines is 1. The molecule has 1 aliphatic heterocycles. The fourth-order valence-electron chi connectivity index (χ4n) is 4.77. The molecule has 0 saturated carbocycles. The molecule has 0 spiro atoms. The van der Waals surface area contributed by atoms with Gasteiger partial charge in [-0.2, -0.15) is 0 Å². The van der Waals surface area contributed by atoms with Crippen LogP contribution in [0.2, 0.25) is 0 Å². The van der Waals surface area contributed by atoms with Crippen molar-refractivity contribution in [1.29, 1.82) is 0 Å². The van der Waals surface area contributed by atoms with E-state index >= 15 is 0 Å². The number of carbonyl (C=O) groups excluding carboxylic acids is 1. The van der Waals surface area contributed by atoms with Crippen molar-refractivity contribution in [1.82, 2.24) is 10.3 Å². The minimum Gasteiger partial charge on any atom is -0.371 e. The number of aryl methyl sites for hydroxylation is 1. The lowest BCUT2D eigenvalue weighted by atomic mass is 9.96. The Labute approximate surface area is 195 Å². The van der Waals surface area contributed by atoms with E-state index in [0.717, 1.165) is 48.1 Å². The Hall–Kier alpha value is -3.37. The highest BCUT2D eigenvalue weighted by Crippen LogP contribution is 2.29. The molecule has 33 heavy (non-hydrogen) atoms. The SMILES string of the molecule is Cc1ccc(CCN[C@@H](C(=O)c2c[nH]c3cc(N4CCCC4)ccc23)c2ccccc2)cc1. The van der Waals surface area contributed by atoms with Crippen LogP contribution in [0.25, 0.3) is 10.9 Å². The van der Waals surface area contributed by atoms with E-state index in [1.165, 1.54) is 29.7 Å². The lowest BCUT2D eigenvalue weighted by Crippen LogP contribution is -2.30. The second kappa shape index (κ2) is 9.63. The van der Waals surface area contributed by atoms with Crippen LogP contribution in [0.1, 0.15) is 45.9 Å². The number of ketones is 1. The minimum absolute atomic E-state index is 0.102. The highest BCUT2D eigenvalue weighted by Gasteiger charge is 2.24. The van der Waals surface area contributed by atoms with Crippen LogP contribution in [0.15, 0.2) is 79.0 Å². The van der Waals surface area contributed by atoms with Crippen LogP contribution in [-0.2, 0) is 6.42 Å². The molecule has 168 valence electrons. The van der Waals surface area contributed by atoms with E-state index in [2.05, 4.69) is 64.6 Å². The Kier molecular flexibility index (Phi) is 6.27. The largest absolute Gasteiger partial charge is 0.371 e. The van der Waals surface area contributed by atoms with E-state index in [1.807, 2.05) is 36.5 Å². The van der Waals surface area contributed by atoms with Crippen molar-refractivity contribution in [2.24, 2.45) is 0 Å². The molecule has 0 amide bonds. The number of H-pyrrole nitrogens is 1. The van der Waals surface area contributed by atoms with Gasteiger partial charge in [0.1, 0.15) is 0 Å². The summed E-state index contributed by atoms with van der Waals surface area (Å²) in [7, 11) is 0. The number of aromatic nitrogens is 1. The van der Waals surface area contributed by atoms with Gasteiger partial charge in [-0.05, 0) is 49.4 Å². The van der Waals surface area contributed by atoms with E-state index in [4.69, 9.17) is 0 Å². The van der Waals surface area contributed by atoms with E-state index < -0.39 is 0 Å². The minimum atomic E-state index is -0.381. The average Bonchev–Trinajstić information content (AvgIpc) is 3.53. The number of benzene rings is 3. The number of rotatable bonds is 8. The Bertz CT molecular complexity index is 1220. The van der Waals surface area contributed by atoms with Crippen LogP contribution in [0.5, 0.6) is 0 Å². The zero-order valence-electron chi connectivity index (χ0n) is 19.2. The normalized spacial score (nSPS) is 14.6. The molecule has 2 heterocycles. The first kappa shape index (κ1) is 21.5. The van der Waals surface area contributed by atoms with Gasteiger partial charge in [-0.1, -0.05) is 66.2 Å². The van der Waals surface area contributed by atoms with E-state index in [9.17, 15) is 4.79 Å². The van der Waals surface area contributed by atoms with Crippen LogP contribution in [0.4, 0.5) is 5.69 Å². The lowest BCUT2D eigenvalue weighted by molar-refractivity contribution is 0.0945. The first-order chi connectivity index (χ1) is 16.2. The monoisotopic (exact) mass is 437 g/mol. The number of nitrogens with one attached hydrogen (secondary N) is 2. The highest BCUT2D eigenvalue weighted by molar-refractivity contribution is 6.11. The topological polar surface area (TPSA) is 48.1 Å². The van der Waals surface area contributed by atoms with Gasteiger partial charge in [0.2, 0.25) is 0 Å². The van der Waals surface area contributed by atoms with Crippen LogP contribution in [0.3, 0.4) is 0 Å². The van der Waals surface area contributed by atoms with Crippen LogP contribution in [0, 0.1) is 6.92 Å². The summed E-state index contributed by atoms with van der Waals surface area (Å²) in [5.41, 5.74) is 6.53. The van der Waals surface area contributed by atoms with Gasteiger partial charge < -0.3 is 15.2 Å². The Morgan fingerprint density at radius 1 is 1.00 bits per heavy atom. The summed E-state index contributed by atoms with van der Waals surface area (Å²) >= 11 is 0. The second-order valence-electron chi connectivity index (χ2n) is 9.02.